The number of benzene rings is 8. The highest BCUT2D eigenvalue weighted by molar-refractivity contribution is 6.25. The lowest BCUT2D eigenvalue weighted by atomic mass is 9.94. The summed E-state index contributed by atoms with van der Waals surface area (Å²) in [5, 5.41) is 4.35. The van der Waals surface area contributed by atoms with E-state index in [9.17, 15) is 0 Å². The molecule has 0 radical (unpaired) electrons. The normalized spacial score (nSPS) is 11.5. The van der Waals surface area contributed by atoms with Crippen molar-refractivity contribution in [3.63, 3.8) is 0 Å². The van der Waals surface area contributed by atoms with Crippen molar-refractivity contribution < 1.29 is 8.83 Å². The van der Waals surface area contributed by atoms with Gasteiger partial charge in [-0.1, -0.05) is 115 Å². The summed E-state index contributed by atoms with van der Waals surface area (Å²) in [6, 6.07) is 63.4. The summed E-state index contributed by atoms with van der Waals surface area (Å²) in [6.45, 7) is 0. The lowest BCUT2D eigenvalue weighted by Crippen LogP contribution is -2.09. The lowest BCUT2D eigenvalue weighted by Gasteiger charge is -2.26. The summed E-state index contributed by atoms with van der Waals surface area (Å²) in [6.07, 6.45) is 0. The molecule has 0 saturated heterocycles. The van der Waals surface area contributed by atoms with Gasteiger partial charge in [0.1, 0.15) is 16.7 Å². The van der Waals surface area contributed by atoms with E-state index in [2.05, 4.69) is 144 Å². The number of anilines is 3. The zero-order chi connectivity index (χ0) is 33.7. The predicted octanol–water partition coefficient (Wildman–Crippen LogP) is 13.4. The van der Waals surface area contributed by atoms with Gasteiger partial charge in [0.15, 0.2) is 5.58 Å². The Morgan fingerprint density at radius 1 is 0.373 bits per heavy atom. The molecule has 0 atom stereocenters. The van der Waals surface area contributed by atoms with E-state index in [1.807, 2.05) is 42.5 Å². The van der Waals surface area contributed by atoms with Gasteiger partial charge in [-0.15, -0.1) is 0 Å². The van der Waals surface area contributed by atoms with Crippen LogP contribution in [0.5, 0.6) is 0 Å². The van der Waals surface area contributed by atoms with Gasteiger partial charge >= 0.3 is 0 Å². The largest absolute Gasteiger partial charge is 0.456 e. The molecule has 51 heavy (non-hydrogen) atoms. The van der Waals surface area contributed by atoms with Gasteiger partial charge in [-0.2, -0.15) is 0 Å². The molecular weight excluding hydrogens is 625 g/mol. The van der Waals surface area contributed by atoms with E-state index >= 15 is 0 Å². The third-order valence-corrected chi connectivity index (χ3v) is 9.71. The number of nitrogens with zero attached hydrogens (tertiary/aromatic N) is 2. The van der Waals surface area contributed by atoms with Crippen LogP contribution in [0.1, 0.15) is 0 Å². The van der Waals surface area contributed by atoms with Crippen LogP contribution < -0.4 is 4.90 Å². The molecule has 0 amide bonds. The number of hydrogen-bond donors (Lipinski definition) is 0. The summed E-state index contributed by atoms with van der Waals surface area (Å²) in [4.78, 5) is 7.13. The van der Waals surface area contributed by atoms with Crippen molar-refractivity contribution in [3.8, 4) is 33.7 Å². The van der Waals surface area contributed by atoms with Gasteiger partial charge in [-0.05, 0) is 99.8 Å². The van der Waals surface area contributed by atoms with Gasteiger partial charge in [0.2, 0.25) is 5.89 Å². The Bertz CT molecular complexity index is 2800. The van der Waals surface area contributed by atoms with Crippen molar-refractivity contribution in [1.82, 2.24) is 4.98 Å². The molecule has 10 aromatic rings. The van der Waals surface area contributed by atoms with E-state index in [0.29, 0.717) is 5.89 Å². The van der Waals surface area contributed by atoms with E-state index in [4.69, 9.17) is 13.8 Å². The second-order valence-electron chi connectivity index (χ2n) is 12.7. The zero-order valence-electron chi connectivity index (χ0n) is 27.5. The van der Waals surface area contributed by atoms with Crippen LogP contribution in [0.15, 0.2) is 191 Å². The summed E-state index contributed by atoms with van der Waals surface area (Å²) in [5.41, 5.74) is 12.1. The number of para-hydroxylation sites is 3. The maximum Gasteiger partial charge on any atom is 0.228 e. The minimum atomic E-state index is 0.589. The van der Waals surface area contributed by atoms with Crippen LogP contribution in [0, 0.1) is 0 Å². The standard InChI is InChI=1S/C47H30N2O2/c1-3-12-31(13-4-1)32-22-26-35(27-23-32)49(34-14-5-2-6-15-34)36-28-24-33(25-29-36)40-30-44-45(38-17-8-7-16-37(38)40)46-39(18-11-21-43(46)50-44)47-48-41-19-9-10-20-42(41)51-47/h1-30H. The number of hydrogen-bond acceptors (Lipinski definition) is 4. The molecule has 0 aliphatic rings. The number of aromatic nitrogens is 1. The first-order valence-corrected chi connectivity index (χ1v) is 17.1. The molecule has 2 heterocycles. The van der Waals surface area contributed by atoms with Crippen molar-refractivity contribution >= 4 is 60.9 Å². The van der Waals surface area contributed by atoms with Gasteiger partial charge in [-0.3, -0.25) is 0 Å². The topological polar surface area (TPSA) is 42.4 Å². The summed E-state index contributed by atoms with van der Waals surface area (Å²) < 4.78 is 12.8. The average Bonchev–Trinajstić information content (AvgIpc) is 3.81. The first kappa shape index (κ1) is 29.0. The fraction of sp³-hybridized carbons (Fsp3) is 0. The minimum Gasteiger partial charge on any atom is -0.456 e. The van der Waals surface area contributed by atoms with E-state index < -0.39 is 0 Å². The molecular formula is C47H30N2O2. The summed E-state index contributed by atoms with van der Waals surface area (Å²) >= 11 is 0. The molecule has 0 unspecified atom stereocenters. The highest BCUT2D eigenvalue weighted by Gasteiger charge is 2.21. The first-order chi connectivity index (χ1) is 25.3. The third kappa shape index (κ3) is 4.96. The van der Waals surface area contributed by atoms with Crippen LogP contribution in [0.4, 0.5) is 17.1 Å². The van der Waals surface area contributed by atoms with Crippen molar-refractivity contribution in [2.24, 2.45) is 0 Å². The fourth-order valence-corrected chi connectivity index (χ4v) is 7.33. The molecule has 0 spiro atoms. The molecule has 240 valence electrons. The molecule has 0 bridgehead atoms. The van der Waals surface area contributed by atoms with Crippen LogP contribution >= 0.6 is 0 Å². The molecule has 0 saturated carbocycles. The number of rotatable bonds is 6. The predicted molar refractivity (Wildman–Crippen MR) is 210 cm³/mol. The van der Waals surface area contributed by atoms with Gasteiger partial charge in [0.25, 0.3) is 0 Å². The third-order valence-electron chi connectivity index (χ3n) is 9.71. The first-order valence-electron chi connectivity index (χ1n) is 17.1. The van der Waals surface area contributed by atoms with Crippen LogP contribution in [0.3, 0.4) is 0 Å². The maximum atomic E-state index is 6.60. The Kier molecular flexibility index (Phi) is 6.78. The Morgan fingerprint density at radius 3 is 1.71 bits per heavy atom. The highest BCUT2D eigenvalue weighted by Crippen LogP contribution is 2.44. The minimum absolute atomic E-state index is 0.589. The molecule has 0 fully saturated rings. The van der Waals surface area contributed by atoms with Crippen LogP contribution in [-0.2, 0) is 0 Å². The van der Waals surface area contributed by atoms with Crippen molar-refractivity contribution in [2.45, 2.75) is 0 Å². The van der Waals surface area contributed by atoms with E-state index in [1.54, 1.807) is 0 Å². The Balaban J connectivity index is 1.09. The Morgan fingerprint density at radius 2 is 0.961 bits per heavy atom. The van der Waals surface area contributed by atoms with Gasteiger partial charge in [-0.25, -0.2) is 4.98 Å². The molecule has 0 aliphatic carbocycles. The number of fused-ring (bicyclic) bond motifs is 6. The molecule has 4 nitrogen and oxygen atoms in total. The molecule has 0 N–H and O–H groups in total. The van der Waals surface area contributed by atoms with Crippen LogP contribution in [0.2, 0.25) is 0 Å². The summed E-state index contributed by atoms with van der Waals surface area (Å²) in [7, 11) is 0. The lowest BCUT2D eigenvalue weighted by molar-refractivity contribution is 0.620. The molecule has 0 aliphatic heterocycles. The van der Waals surface area contributed by atoms with Gasteiger partial charge < -0.3 is 13.7 Å². The Hall–Kier alpha value is -6.91. The molecule has 4 heteroatoms. The monoisotopic (exact) mass is 654 g/mol. The summed E-state index contributed by atoms with van der Waals surface area (Å²) in [5.74, 6) is 0.589. The number of oxazole rings is 1. The quantitative estimate of drug-likeness (QED) is 0.179. The molecule has 2 aromatic heterocycles. The molecule has 10 rings (SSSR count). The molecule has 8 aromatic carbocycles. The van der Waals surface area contributed by atoms with Crippen molar-refractivity contribution in [1.29, 1.82) is 0 Å². The fourth-order valence-electron chi connectivity index (χ4n) is 7.33. The highest BCUT2D eigenvalue weighted by atomic mass is 16.3. The zero-order valence-corrected chi connectivity index (χ0v) is 27.5. The van der Waals surface area contributed by atoms with Gasteiger partial charge in [0, 0.05) is 33.4 Å². The smallest absolute Gasteiger partial charge is 0.228 e. The van der Waals surface area contributed by atoms with Crippen molar-refractivity contribution in [2.75, 3.05) is 4.90 Å². The van der Waals surface area contributed by atoms with E-state index in [0.717, 1.165) is 77.6 Å². The second-order valence-corrected chi connectivity index (χ2v) is 12.7. The Labute approximate surface area is 294 Å². The van der Waals surface area contributed by atoms with Gasteiger partial charge in [0.05, 0.1) is 0 Å². The average molecular weight is 655 g/mol. The SMILES string of the molecule is c1ccc(-c2ccc(N(c3ccccc3)c3ccc(-c4cc5oc6cccc(-c7nc8ccccc8o7)c6c5c5ccccc45)cc3)cc2)cc1. The van der Waals surface area contributed by atoms with Crippen molar-refractivity contribution in [3.05, 3.63) is 182 Å². The maximum absolute atomic E-state index is 6.60. The van der Waals surface area contributed by atoms with Crippen LogP contribution in [0.25, 0.3) is 77.5 Å². The van der Waals surface area contributed by atoms with E-state index in [-0.39, 0.29) is 0 Å². The van der Waals surface area contributed by atoms with E-state index in [1.165, 1.54) is 11.1 Å². The second kappa shape index (κ2) is 11.9. The van der Waals surface area contributed by atoms with Crippen LogP contribution in [-0.4, -0.2) is 4.98 Å². The number of furan rings is 1.